The molecule has 2 amide bonds. The van der Waals surface area contributed by atoms with Crippen LogP contribution in [-0.4, -0.2) is 33.3 Å². The number of pyridine rings is 1. The van der Waals surface area contributed by atoms with Gasteiger partial charge in [-0.3, -0.25) is 14.9 Å². The summed E-state index contributed by atoms with van der Waals surface area (Å²) in [6.07, 6.45) is 6.82. The first-order chi connectivity index (χ1) is 13.7. The molecule has 2 saturated carbocycles. The lowest BCUT2D eigenvalue weighted by Gasteiger charge is -2.33. The fourth-order valence-corrected chi connectivity index (χ4v) is 3.79. The second-order valence-electron chi connectivity index (χ2n) is 7.55. The fraction of sp³-hybridized carbons (Fsp3) is 0.500. The number of amides is 2. The van der Waals surface area contributed by atoms with Crippen LogP contribution in [0, 0.1) is 5.92 Å². The van der Waals surface area contributed by atoms with Crippen LogP contribution in [0.2, 0.25) is 0 Å². The molecule has 0 unspecified atom stereocenters. The molecule has 2 heterocycles. The number of rotatable bonds is 6. The van der Waals surface area contributed by atoms with Crippen LogP contribution in [0.5, 0.6) is 0 Å². The van der Waals surface area contributed by atoms with Crippen molar-refractivity contribution in [3.8, 4) is 0 Å². The maximum Gasteiger partial charge on any atom is 0.407 e. The van der Waals surface area contributed by atoms with Gasteiger partial charge in [0, 0.05) is 24.1 Å². The van der Waals surface area contributed by atoms with Crippen molar-refractivity contribution in [2.75, 3.05) is 5.32 Å². The minimum atomic E-state index is -0.430. The standard InChI is InChI=1S/C20H25N5O3/c26-19(13-5-1-2-6-13)23-18-11-17(24-25-18)14-9-16(10-14)28-20(27)22-12-15-7-3-4-8-21-15/h3-4,7-8,11,13-14,16H,1-2,5-6,9-10,12H2,(H,22,27)(H2,23,24,25,26)/t14-,16+. The van der Waals surface area contributed by atoms with Crippen LogP contribution < -0.4 is 10.6 Å². The summed E-state index contributed by atoms with van der Waals surface area (Å²) in [6, 6.07) is 7.44. The molecule has 28 heavy (non-hydrogen) atoms. The Morgan fingerprint density at radius 1 is 1.21 bits per heavy atom. The lowest BCUT2D eigenvalue weighted by Crippen LogP contribution is -2.36. The van der Waals surface area contributed by atoms with Crippen LogP contribution in [0.1, 0.15) is 55.8 Å². The second kappa shape index (κ2) is 8.41. The van der Waals surface area contributed by atoms with E-state index in [4.69, 9.17) is 4.74 Å². The Hall–Kier alpha value is -2.90. The van der Waals surface area contributed by atoms with Gasteiger partial charge in [-0.25, -0.2) is 4.79 Å². The highest BCUT2D eigenvalue weighted by Crippen LogP contribution is 2.38. The molecule has 0 atom stereocenters. The molecule has 8 heteroatoms. The Kier molecular flexibility index (Phi) is 5.55. The van der Waals surface area contributed by atoms with Crippen LogP contribution in [0.4, 0.5) is 10.6 Å². The smallest absolute Gasteiger partial charge is 0.407 e. The number of aromatic nitrogens is 3. The summed E-state index contributed by atoms with van der Waals surface area (Å²) in [4.78, 5) is 28.2. The average Bonchev–Trinajstić information content (AvgIpc) is 3.35. The zero-order valence-corrected chi connectivity index (χ0v) is 15.7. The summed E-state index contributed by atoms with van der Waals surface area (Å²) in [5.41, 5.74) is 1.69. The van der Waals surface area contributed by atoms with Crippen molar-refractivity contribution in [1.82, 2.24) is 20.5 Å². The fourth-order valence-electron chi connectivity index (χ4n) is 3.79. The van der Waals surface area contributed by atoms with Crippen LogP contribution in [0.3, 0.4) is 0 Å². The molecule has 0 radical (unpaired) electrons. The van der Waals surface area contributed by atoms with E-state index < -0.39 is 6.09 Å². The van der Waals surface area contributed by atoms with Crippen molar-refractivity contribution in [3.05, 3.63) is 41.9 Å². The number of nitrogens with zero attached hydrogens (tertiary/aromatic N) is 2. The monoisotopic (exact) mass is 383 g/mol. The number of aromatic amines is 1. The number of ether oxygens (including phenoxy) is 1. The van der Waals surface area contributed by atoms with Gasteiger partial charge in [0.2, 0.25) is 5.91 Å². The molecule has 4 rings (SSSR count). The second-order valence-corrected chi connectivity index (χ2v) is 7.55. The predicted molar refractivity (Wildman–Crippen MR) is 102 cm³/mol. The predicted octanol–water partition coefficient (Wildman–Crippen LogP) is 3.11. The molecule has 0 aliphatic heterocycles. The Bertz CT molecular complexity index is 810. The Morgan fingerprint density at radius 2 is 2.04 bits per heavy atom. The minimum Gasteiger partial charge on any atom is -0.446 e. The van der Waals surface area contributed by atoms with Crippen molar-refractivity contribution < 1.29 is 14.3 Å². The number of carbonyl (C=O) groups excluding carboxylic acids is 2. The normalized spacial score (nSPS) is 21.7. The number of hydrogen-bond acceptors (Lipinski definition) is 5. The summed E-state index contributed by atoms with van der Waals surface area (Å²) in [6.45, 7) is 0.346. The quantitative estimate of drug-likeness (QED) is 0.710. The minimum absolute atomic E-state index is 0.0760. The van der Waals surface area contributed by atoms with Crippen molar-refractivity contribution >= 4 is 17.8 Å². The third-order valence-electron chi connectivity index (χ3n) is 5.51. The van der Waals surface area contributed by atoms with Crippen molar-refractivity contribution in [1.29, 1.82) is 0 Å². The molecule has 2 fully saturated rings. The van der Waals surface area contributed by atoms with Crippen LogP contribution in [0.15, 0.2) is 30.5 Å². The van der Waals surface area contributed by atoms with E-state index in [2.05, 4.69) is 25.8 Å². The zero-order chi connectivity index (χ0) is 19.3. The van der Waals surface area contributed by atoms with Gasteiger partial charge < -0.3 is 15.4 Å². The molecule has 0 bridgehead atoms. The molecule has 0 saturated heterocycles. The molecule has 0 spiro atoms. The van der Waals surface area contributed by atoms with Gasteiger partial charge in [0.05, 0.1) is 17.9 Å². The largest absolute Gasteiger partial charge is 0.446 e. The Morgan fingerprint density at radius 3 is 2.79 bits per heavy atom. The summed E-state index contributed by atoms with van der Waals surface area (Å²) in [5, 5.41) is 12.8. The topological polar surface area (TPSA) is 109 Å². The Labute approximate surface area is 163 Å². The molecule has 2 aliphatic carbocycles. The highest BCUT2D eigenvalue weighted by Gasteiger charge is 2.35. The van der Waals surface area contributed by atoms with Crippen molar-refractivity contribution in [2.24, 2.45) is 5.92 Å². The molecule has 3 N–H and O–H groups in total. The van der Waals surface area contributed by atoms with E-state index in [-0.39, 0.29) is 23.8 Å². The highest BCUT2D eigenvalue weighted by molar-refractivity contribution is 5.91. The van der Waals surface area contributed by atoms with Crippen LogP contribution in [0.25, 0.3) is 0 Å². The van der Waals surface area contributed by atoms with E-state index in [0.717, 1.165) is 49.9 Å². The maximum atomic E-state index is 12.2. The summed E-state index contributed by atoms with van der Waals surface area (Å²) >= 11 is 0. The molecule has 2 aromatic heterocycles. The number of H-pyrrole nitrogens is 1. The van der Waals surface area contributed by atoms with E-state index in [1.807, 2.05) is 24.3 Å². The SMILES string of the molecule is O=C(NCc1ccccn1)O[C@H]1C[C@@H](c2cc(NC(=O)C3CCCC3)[nH]n2)C1. The van der Waals surface area contributed by atoms with E-state index >= 15 is 0 Å². The molecule has 2 aromatic rings. The third kappa shape index (κ3) is 4.49. The lowest BCUT2D eigenvalue weighted by atomic mass is 9.80. The maximum absolute atomic E-state index is 12.2. The summed E-state index contributed by atoms with van der Waals surface area (Å²) in [5.74, 6) is 1.08. The highest BCUT2D eigenvalue weighted by atomic mass is 16.6. The number of nitrogens with one attached hydrogen (secondary N) is 3. The zero-order valence-electron chi connectivity index (χ0n) is 15.7. The number of alkyl carbamates (subject to hydrolysis) is 1. The number of hydrogen-bond donors (Lipinski definition) is 3. The van der Waals surface area contributed by atoms with E-state index in [1.165, 1.54) is 0 Å². The van der Waals surface area contributed by atoms with E-state index in [1.54, 1.807) is 6.20 Å². The van der Waals surface area contributed by atoms with Crippen molar-refractivity contribution in [2.45, 2.75) is 57.1 Å². The molecule has 148 valence electrons. The van der Waals surface area contributed by atoms with Crippen LogP contribution >= 0.6 is 0 Å². The van der Waals surface area contributed by atoms with Gasteiger partial charge in [-0.1, -0.05) is 18.9 Å². The first-order valence-corrected chi connectivity index (χ1v) is 9.88. The Balaban J connectivity index is 1.18. The van der Waals surface area contributed by atoms with Gasteiger partial charge in [-0.15, -0.1) is 0 Å². The first-order valence-electron chi connectivity index (χ1n) is 9.88. The molecular weight excluding hydrogens is 358 g/mol. The van der Waals surface area contributed by atoms with Gasteiger partial charge in [-0.05, 0) is 37.8 Å². The first kappa shape index (κ1) is 18.5. The molecule has 2 aliphatic rings. The summed E-state index contributed by atoms with van der Waals surface area (Å²) in [7, 11) is 0. The van der Waals surface area contributed by atoms with Crippen molar-refractivity contribution in [3.63, 3.8) is 0 Å². The van der Waals surface area contributed by atoms with Gasteiger partial charge in [0.15, 0.2) is 0 Å². The van der Waals surface area contributed by atoms with Gasteiger partial charge in [0.25, 0.3) is 0 Å². The number of carbonyl (C=O) groups is 2. The van der Waals surface area contributed by atoms with E-state index in [9.17, 15) is 9.59 Å². The third-order valence-corrected chi connectivity index (χ3v) is 5.51. The molecule has 8 nitrogen and oxygen atoms in total. The van der Waals surface area contributed by atoms with Gasteiger partial charge in [0.1, 0.15) is 11.9 Å². The van der Waals surface area contributed by atoms with Crippen LogP contribution in [-0.2, 0) is 16.1 Å². The average molecular weight is 383 g/mol. The molecule has 0 aromatic carbocycles. The number of anilines is 1. The van der Waals surface area contributed by atoms with Gasteiger partial charge in [-0.2, -0.15) is 5.10 Å². The van der Waals surface area contributed by atoms with Gasteiger partial charge >= 0.3 is 6.09 Å². The van der Waals surface area contributed by atoms with E-state index in [0.29, 0.717) is 12.4 Å². The lowest BCUT2D eigenvalue weighted by molar-refractivity contribution is -0.119. The molecular formula is C20H25N5O3. The summed E-state index contributed by atoms with van der Waals surface area (Å²) < 4.78 is 5.41.